The summed E-state index contributed by atoms with van der Waals surface area (Å²) in [5.41, 5.74) is -1.04. The van der Waals surface area contributed by atoms with Crippen LogP contribution in [0.2, 0.25) is 0 Å². The average Bonchev–Trinajstić information content (AvgIpc) is 3.06. The molecule has 6 nitrogen and oxygen atoms in total. The molecule has 0 heterocycles. The van der Waals surface area contributed by atoms with Crippen LogP contribution in [0.4, 0.5) is 0 Å². The number of esters is 1. The molecule has 1 saturated carbocycles. The van der Waals surface area contributed by atoms with Crippen LogP contribution >= 0.6 is 0 Å². The van der Waals surface area contributed by atoms with E-state index in [1.54, 1.807) is 6.92 Å². The summed E-state index contributed by atoms with van der Waals surface area (Å²) in [6.07, 6.45) is 0.852. The lowest BCUT2D eigenvalue weighted by Crippen LogP contribution is -2.40. The molecule has 17 heavy (non-hydrogen) atoms. The molecule has 0 saturated heterocycles. The van der Waals surface area contributed by atoms with Gasteiger partial charge in [-0.3, -0.25) is 14.4 Å². The molecule has 96 valence electrons. The van der Waals surface area contributed by atoms with E-state index in [9.17, 15) is 14.4 Å². The van der Waals surface area contributed by atoms with Gasteiger partial charge in [-0.2, -0.15) is 0 Å². The van der Waals surface area contributed by atoms with Gasteiger partial charge in [0.1, 0.15) is 5.41 Å². The van der Waals surface area contributed by atoms with E-state index in [4.69, 9.17) is 9.84 Å². The van der Waals surface area contributed by atoms with Crippen molar-refractivity contribution in [2.75, 3.05) is 20.2 Å². The van der Waals surface area contributed by atoms with Crippen LogP contribution in [0.1, 0.15) is 26.2 Å². The van der Waals surface area contributed by atoms with E-state index in [1.165, 1.54) is 11.9 Å². The zero-order chi connectivity index (χ0) is 13.1. The lowest BCUT2D eigenvalue weighted by molar-refractivity contribution is -0.157. The number of nitrogens with zero attached hydrogens (tertiary/aromatic N) is 1. The fraction of sp³-hybridized carbons (Fsp3) is 0.727. The van der Waals surface area contributed by atoms with Crippen molar-refractivity contribution in [3.63, 3.8) is 0 Å². The fourth-order valence-corrected chi connectivity index (χ4v) is 1.63. The van der Waals surface area contributed by atoms with Gasteiger partial charge in [-0.05, 0) is 19.8 Å². The Morgan fingerprint density at radius 2 is 1.94 bits per heavy atom. The molecule has 0 bridgehead atoms. The van der Waals surface area contributed by atoms with Crippen LogP contribution in [-0.4, -0.2) is 48.1 Å². The summed E-state index contributed by atoms with van der Waals surface area (Å²) in [5.74, 6) is -1.80. The number of ether oxygens (including phenoxy) is 1. The predicted molar refractivity (Wildman–Crippen MR) is 58.2 cm³/mol. The Balaban J connectivity index is 2.57. The first-order valence-corrected chi connectivity index (χ1v) is 5.58. The number of aliphatic carboxylic acids is 1. The molecule has 1 aliphatic rings. The summed E-state index contributed by atoms with van der Waals surface area (Å²) in [6, 6.07) is 0. The molecule has 0 aromatic heterocycles. The van der Waals surface area contributed by atoms with Gasteiger partial charge >= 0.3 is 11.9 Å². The van der Waals surface area contributed by atoms with Crippen molar-refractivity contribution in [2.24, 2.45) is 5.41 Å². The van der Waals surface area contributed by atoms with E-state index in [1.807, 2.05) is 0 Å². The zero-order valence-electron chi connectivity index (χ0n) is 10.1. The maximum Gasteiger partial charge on any atom is 0.321 e. The molecule has 0 atom stereocenters. The molecule has 0 unspecified atom stereocenters. The highest BCUT2D eigenvalue weighted by atomic mass is 16.5. The summed E-state index contributed by atoms with van der Waals surface area (Å²) in [4.78, 5) is 35.3. The number of carboxylic acids is 1. The largest absolute Gasteiger partial charge is 0.481 e. The third-order valence-electron chi connectivity index (χ3n) is 2.83. The molecule has 6 heteroatoms. The fourth-order valence-electron chi connectivity index (χ4n) is 1.63. The normalized spacial score (nSPS) is 16.1. The van der Waals surface area contributed by atoms with E-state index in [0.29, 0.717) is 12.8 Å². The van der Waals surface area contributed by atoms with E-state index in [2.05, 4.69) is 0 Å². The van der Waals surface area contributed by atoms with Crippen LogP contribution in [0.25, 0.3) is 0 Å². The third kappa shape index (κ3) is 2.95. The van der Waals surface area contributed by atoms with Crippen molar-refractivity contribution in [3.8, 4) is 0 Å². The topological polar surface area (TPSA) is 83.9 Å². The van der Waals surface area contributed by atoms with Gasteiger partial charge < -0.3 is 14.7 Å². The Kier molecular flexibility index (Phi) is 4.09. The molecule has 1 N–H and O–H groups in total. The molecule has 1 fully saturated rings. The highest BCUT2D eigenvalue weighted by molar-refractivity contribution is 6.05. The number of carboxylic acid groups (broad SMARTS) is 1. The molecule has 1 rings (SSSR count). The van der Waals surface area contributed by atoms with E-state index in [0.717, 1.165) is 0 Å². The van der Waals surface area contributed by atoms with Gasteiger partial charge in [0, 0.05) is 13.6 Å². The second-order valence-electron chi connectivity index (χ2n) is 4.17. The quantitative estimate of drug-likeness (QED) is 0.534. The van der Waals surface area contributed by atoms with Gasteiger partial charge in [-0.1, -0.05) is 0 Å². The van der Waals surface area contributed by atoms with Crippen molar-refractivity contribution in [1.82, 2.24) is 4.90 Å². The molecular formula is C11H17NO5. The minimum atomic E-state index is -1.04. The summed E-state index contributed by atoms with van der Waals surface area (Å²) < 4.78 is 4.86. The highest BCUT2D eigenvalue weighted by Gasteiger charge is 2.58. The van der Waals surface area contributed by atoms with Crippen LogP contribution in [0, 0.1) is 5.41 Å². The SMILES string of the molecule is CCOC(=O)C1(C(=O)N(C)CCC(=O)O)CC1. The van der Waals surface area contributed by atoms with E-state index in [-0.39, 0.29) is 25.5 Å². The molecule has 1 amide bonds. The van der Waals surface area contributed by atoms with Crippen molar-refractivity contribution in [1.29, 1.82) is 0 Å². The first-order valence-electron chi connectivity index (χ1n) is 5.58. The monoisotopic (exact) mass is 243 g/mol. The smallest absolute Gasteiger partial charge is 0.321 e. The standard InChI is InChI=1S/C11H17NO5/c1-3-17-10(16)11(5-6-11)9(15)12(2)7-4-8(13)14/h3-7H2,1-2H3,(H,13,14). The van der Waals surface area contributed by atoms with Crippen molar-refractivity contribution in [3.05, 3.63) is 0 Å². The Morgan fingerprint density at radius 1 is 1.35 bits per heavy atom. The van der Waals surface area contributed by atoms with Crippen LogP contribution in [0.15, 0.2) is 0 Å². The van der Waals surface area contributed by atoms with Crippen LogP contribution in [0.3, 0.4) is 0 Å². The molecule has 0 aromatic rings. The van der Waals surface area contributed by atoms with Crippen molar-refractivity contribution in [2.45, 2.75) is 26.2 Å². The summed E-state index contributed by atoms with van der Waals surface area (Å²) in [6.45, 7) is 2.04. The van der Waals surface area contributed by atoms with Crippen LogP contribution in [-0.2, 0) is 19.1 Å². The van der Waals surface area contributed by atoms with Gasteiger partial charge in [-0.25, -0.2) is 0 Å². The molecule has 0 spiro atoms. The molecule has 0 aliphatic heterocycles. The van der Waals surface area contributed by atoms with Gasteiger partial charge in [-0.15, -0.1) is 0 Å². The van der Waals surface area contributed by atoms with Crippen molar-refractivity contribution >= 4 is 17.8 Å². The second-order valence-corrected chi connectivity index (χ2v) is 4.17. The van der Waals surface area contributed by atoms with Gasteiger partial charge in [0.05, 0.1) is 13.0 Å². The minimum absolute atomic E-state index is 0.106. The Labute approximate surface area is 99.5 Å². The zero-order valence-corrected chi connectivity index (χ0v) is 10.1. The van der Waals surface area contributed by atoms with Crippen LogP contribution < -0.4 is 0 Å². The summed E-state index contributed by atoms with van der Waals surface area (Å²) in [5, 5.41) is 8.53. The highest BCUT2D eigenvalue weighted by Crippen LogP contribution is 2.48. The molecule has 0 radical (unpaired) electrons. The third-order valence-corrected chi connectivity index (χ3v) is 2.83. The van der Waals surface area contributed by atoms with E-state index < -0.39 is 17.4 Å². The number of hydrogen-bond acceptors (Lipinski definition) is 4. The Bertz CT molecular complexity index is 335. The molecular weight excluding hydrogens is 226 g/mol. The summed E-state index contributed by atoms with van der Waals surface area (Å²) >= 11 is 0. The maximum atomic E-state index is 12.0. The average molecular weight is 243 g/mol. The van der Waals surface area contributed by atoms with Gasteiger partial charge in [0.15, 0.2) is 0 Å². The Morgan fingerprint density at radius 3 is 2.35 bits per heavy atom. The second kappa shape index (κ2) is 5.16. The lowest BCUT2D eigenvalue weighted by Gasteiger charge is -2.21. The number of hydrogen-bond donors (Lipinski definition) is 1. The number of carbonyl (C=O) groups excluding carboxylic acids is 2. The van der Waals surface area contributed by atoms with Crippen LogP contribution in [0.5, 0.6) is 0 Å². The molecule has 0 aromatic carbocycles. The predicted octanol–water partition coefficient (Wildman–Crippen LogP) is 0.263. The van der Waals surface area contributed by atoms with Gasteiger partial charge in [0.2, 0.25) is 5.91 Å². The first kappa shape index (κ1) is 13.5. The summed E-state index contributed by atoms with van der Waals surface area (Å²) in [7, 11) is 1.50. The van der Waals surface area contributed by atoms with Crippen molar-refractivity contribution < 1.29 is 24.2 Å². The minimum Gasteiger partial charge on any atom is -0.481 e. The lowest BCUT2D eigenvalue weighted by atomic mass is 10.1. The van der Waals surface area contributed by atoms with E-state index >= 15 is 0 Å². The molecule has 1 aliphatic carbocycles. The Hall–Kier alpha value is -1.59. The number of carbonyl (C=O) groups is 3. The number of amides is 1. The first-order chi connectivity index (χ1) is 7.94. The maximum absolute atomic E-state index is 12.0. The van der Waals surface area contributed by atoms with Gasteiger partial charge in [0.25, 0.3) is 0 Å². The number of rotatable bonds is 6.